The molecule has 2 fully saturated rings. The van der Waals surface area contributed by atoms with Crippen molar-refractivity contribution in [1.82, 2.24) is 9.80 Å². The van der Waals surface area contributed by atoms with E-state index in [4.69, 9.17) is 5.11 Å². The number of carboxylic acid groups (broad SMARTS) is 1. The zero-order valence-electron chi connectivity index (χ0n) is 10.3. The average Bonchev–Trinajstić information content (AvgIpc) is 2.86. The first-order valence-corrected chi connectivity index (χ1v) is 6.31. The Morgan fingerprint density at radius 2 is 1.88 bits per heavy atom. The first kappa shape index (κ1) is 12.4. The molecule has 0 unspecified atom stereocenters. The van der Waals surface area contributed by atoms with Gasteiger partial charge in [0.2, 0.25) is 5.91 Å². The van der Waals surface area contributed by atoms with E-state index < -0.39 is 5.97 Å². The smallest absolute Gasteiger partial charge is 0.308 e. The lowest BCUT2D eigenvalue weighted by atomic mass is 9.99. The molecule has 17 heavy (non-hydrogen) atoms. The molecule has 0 aromatic heterocycles. The van der Waals surface area contributed by atoms with E-state index in [1.165, 1.54) is 0 Å². The highest BCUT2D eigenvalue weighted by atomic mass is 16.4. The molecule has 1 N–H and O–H groups in total. The zero-order valence-corrected chi connectivity index (χ0v) is 10.3. The maximum absolute atomic E-state index is 11.9. The molecule has 2 rings (SSSR count). The van der Waals surface area contributed by atoms with Crippen LogP contribution in [0.5, 0.6) is 0 Å². The summed E-state index contributed by atoms with van der Waals surface area (Å²) < 4.78 is 0. The predicted octanol–water partition coefficient (Wildman–Crippen LogP) is 0.261. The first-order valence-electron chi connectivity index (χ1n) is 6.31. The number of hydrogen-bond donors (Lipinski definition) is 1. The minimum absolute atomic E-state index is 0.138. The number of amides is 1. The third-order valence-electron chi connectivity index (χ3n) is 3.82. The van der Waals surface area contributed by atoms with Crippen molar-refractivity contribution in [3.63, 3.8) is 0 Å². The highest BCUT2D eigenvalue weighted by molar-refractivity contribution is 5.79. The molecular formula is C12H20N2O3. The Bertz CT molecular complexity index is 313. The molecule has 2 aliphatic heterocycles. The van der Waals surface area contributed by atoms with Gasteiger partial charge in [0.05, 0.1) is 12.5 Å². The Morgan fingerprint density at radius 1 is 1.24 bits per heavy atom. The lowest BCUT2D eigenvalue weighted by Gasteiger charge is -2.20. The van der Waals surface area contributed by atoms with Crippen molar-refractivity contribution >= 4 is 11.9 Å². The number of hydrogen-bond acceptors (Lipinski definition) is 3. The van der Waals surface area contributed by atoms with Crippen LogP contribution < -0.4 is 0 Å². The van der Waals surface area contributed by atoms with Gasteiger partial charge in [0, 0.05) is 26.2 Å². The van der Waals surface area contributed by atoms with Gasteiger partial charge in [-0.15, -0.1) is 0 Å². The molecule has 0 aliphatic carbocycles. The van der Waals surface area contributed by atoms with Crippen LogP contribution in [0.15, 0.2) is 0 Å². The van der Waals surface area contributed by atoms with Gasteiger partial charge in [0.25, 0.3) is 0 Å². The molecule has 96 valence electrons. The number of aliphatic carboxylic acids is 1. The van der Waals surface area contributed by atoms with Crippen LogP contribution in [0.25, 0.3) is 0 Å². The van der Waals surface area contributed by atoms with Gasteiger partial charge in [-0.3, -0.25) is 14.5 Å². The minimum Gasteiger partial charge on any atom is -0.481 e. The van der Waals surface area contributed by atoms with Crippen LogP contribution in [-0.2, 0) is 9.59 Å². The van der Waals surface area contributed by atoms with Crippen LogP contribution in [0.2, 0.25) is 0 Å². The summed E-state index contributed by atoms with van der Waals surface area (Å²) >= 11 is 0. The maximum atomic E-state index is 11.9. The molecule has 2 aliphatic rings. The van der Waals surface area contributed by atoms with E-state index in [0.717, 1.165) is 32.5 Å². The van der Waals surface area contributed by atoms with E-state index in [9.17, 15) is 9.59 Å². The molecule has 0 aromatic rings. The third kappa shape index (κ3) is 2.77. The van der Waals surface area contributed by atoms with Gasteiger partial charge in [-0.25, -0.2) is 0 Å². The quantitative estimate of drug-likeness (QED) is 0.769. The summed E-state index contributed by atoms with van der Waals surface area (Å²) in [6.07, 6.45) is 2.19. The molecule has 2 saturated heterocycles. The fourth-order valence-corrected chi connectivity index (χ4v) is 2.78. The largest absolute Gasteiger partial charge is 0.481 e. The fraction of sp³-hybridized carbons (Fsp3) is 0.833. The molecule has 2 atom stereocenters. The van der Waals surface area contributed by atoms with Crippen LogP contribution in [0, 0.1) is 11.8 Å². The molecule has 1 amide bonds. The Kier molecular flexibility index (Phi) is 3.66. The van der Waals surface area contributed by atoms with Crippen molar-refractivity contribution in [2.75, 3.05) is 32.7 Å². The summed E-state index contributed by atoms with van der Waals surface area (Å²) in [5.41, 5.74) is 0. The van der Waals surface area contributed by atoms with Crippen LogP contribution in [0.3, 0.4) is 0 Å². The summed E-state index contributed by atoms with van der Waals surface area (Å²) in [6.45, 7) is 5.29. The molecule has 0 spiro atoms. The zero-order chi connectivity index (χ0) is 12.4. The Balaban J connectivity index is 1.84. The van der Waals surface area contributed by atoms with Crippen molar-refractivity contribution in [3.05, 3.63) is 0 Å². The van der Waals surface area contributed by atoms with Crippen molar-refractivity contribution in [3.8, 4) is 0 Å². The predicted molar refractivity (Wildman–Crippen MR) is 62.5 cm³/mol. The second-order valence-electron chi connectivity index (χ2n) is 5.20. The second-order valence-corrected chi connectivity index (χ2v) is 5.20. The fourth-order valence-electron chi connectivity index (χ4n) is 2.78. The Hall–Kier alpha value is -1.10. The lowest BCUT2D eigenvalue weighted by molar-refractivity contribution is -0.142. The monoisotopic (exact) mass is 240 g/mol. The second kappa shape index (κ2) is 5.04. The van der Waals surface area contributed by atoms with E-state index in [0.29, 0.717) is 13.1 Å². The number of rotatable bonds is 3. The van der Waals surface area contributed by atoms with Gasteiger partial charge < -0.3 is 10.0 Å². The maximum Gasteiger partial charge on any atom is 0.308 e. The minimum atomic E-state index is -0.742. The van der Waals surface area contributed by atoms with Crippen LogP contribution >= 0.6 is 0 Å². The average molecular weight is 240 g/mol. The summed E-state index contributed by atoms with van der Waals surface area (Å²) in [4.78, 5) is 26.8. The molecule has 5 heteroatoms. The standard InChI is InChI=1S/C12H20N2O3/c1-9-6-13(7-10(9)12(16)17)8-11(15)14-4-2-3-5-14/h9-10H,2-8H2,1H3,(H,16,17)/t9-,10-/m1/s1. The number of carbonyl (C=O) groups is 2. The molecule has 0 saturated carbocycles. The highest BCUT2D eigenvalue weighted by Crippen LogP contribution is 2.23. The topological polar surface area (TPSA) is 60.9 Å². The normalized spacial score (nSPS) is 29.8. The van der Waals surface area contributed by atoms with E-state index in [1.807, 2.05) is 16.7 Å². The van der Waals surface area contributed by atoms with Crippen molar-refractivity contribution < 1.29 is 14.7 Å². The van der Waals surface area contributed by atoms with Crippen LogP contribution in [0.1, 0.15) is 19.8 Å². The van der Waals surface area contributed by atoms with Crippen molar-refractivity contribution in [2.45, 2.75) is 19.8 Å². The molecule has 2 heterocycles. The van der Waals surface area contributed by atoms with Gasteiger partial charge in [-0.2, -0.15) is 0 Å². The highest BCUT2D eigenvalue weighted by Gasteiger charge is 2.35. The lowest BCUT2D eigenvalue weighted by Crippen LogP contribution is -2.38. The summed E-state index contributed by atoms with van der Waals surface area (Å²) in [6, 6.07) is 0. The first-order chi connectivity index (χ1) is 8.08. The van der Waals surface area contributed by atoms with Crippen molar-refractivity contribution in [1.29, 1.82) is 0 Å². The summed E-state index contributed by atoms with van der Waals surface area (Å²) in [5, 5.41) is 9.03. The summed E-state index contributed by atoms with van der Waals surface area (Å²) in [5.74, 6) is -0.769. The summed E-state index contributed by atoms with van der Waals surface area (Å²) in [7, 11) is 0. The number of carboxylic acids is 1. The molecule has 0 bridgehead atoms. The van der Waals surface area contributed by atoms with Gasteiger partial charge in [0.1, 0.15) is 0 Å². The van der Waals surface area contributed by atoms with Crippen LogP contribution in [-0.4, -0.2) is 59.5 Å². The van der Waals surface area contributed by atoms with Crippen molar-refractivity contribution in [2.24, 2.45) is 11.8 Å². The van der Waals surface area contributed by atoms with E-state index >= 15 is 0 Å². The third-order valence-corrected chi connectivity index (χ3v) is 3.82. The van der Waals surface area contributed by atoms with Gasteiger partial charge >= 0.3 is 5.97 Å². The van der Waals surface area contributed by atoms with E-state index in [-0.39, 0.29) is 17.7 Å². The van der Waals surface area contributed by atoms with Gasteiger partial charge in [-0.1, -0.05) is 6.92 Å². The SMILES string of the molecule is C[C@@H]1CN(CC(=O)N2CCCC2)C[C@H]1C(=O)O. The molecular weight excluding hydrogens is 220 g/mol. The molecule has 5 nitrogen and oxygen atoms in total. The van der Waals surface area contributed by atoms with Crippen LogP contribution in [0.4, 0.5) is 0 Å². The van der Waals surface area contributed by atoms with Gasteiger partial charge in [-0.05, 0) is 18.8 Å². The molecule has 0 radical (unpaired) electrons. The van der Waals surface area contributed by atoms with Gasteiger partial charge in [0.15, 0.2) is 0 Å². The van der Waals surface area contributed by atoms with E-state index in [2.05, 4.69) is 0 Å². The number of nitrogens with zero attached hydrogens (tertiary/aromatic N) is 2. The number of carbonyl (C=O) groups excluding carboxylic acids is 1. The number of likely N-dealkylation sites (tertiary alicyclic amines) is 2. The van der Waals surface area contributed by atoms with E-state index in [1.54, 1.807) is 0 Å². The Labute approximate surface area is 101 Å². The molecule has 0 aromatic carbocycles. The Morgan fingerprint density at radius 3 is 2.41 bits per heavy atom.